The minimum absolute atomic E-state index is 0.00578. The monoisotopic (exact) mass is 371 g/mol. The molecular weight excluding hydrogens is 346 g/mol. The minimum atomic E-state index is -1.13. The summed E-state index contributed by atoms with van der Waals surface area (Å²) in [6.45, 7) is 1.85. The van der Waals surface area contributed by atoms with Gasteiger partial charge in [0.1, 0.15) is 0 Å². The number of rotatable bonds is 4. The summed E-state index contributed by atoms with van der Waals surface area (Å²) in [5, 5.41) is 0. The Labute approximate surface area is 158 Å². The van der Waals surface area contributed by atoms with Gasteiger partial charge in [0.05, 0.1) is 25.4 Å². The molecule has 3 heterocycles. The molecule has 1 spiro atoms. The highest BCUT2D eigenvalue weighted by molar-refractivity contribution is 6.33. The molecule has 4 aliphatic rings. The third-order valence-corrected chi connectivity index (χ3v) is 7.34. The van der Waals surface area contributed by atoms with Gasteiger partial charge >= 0.3 is 0 Å². The number of ether oxygens (including phenoxy) is 3. The number of likely N-dealkylation sites (tertiary alicyclic amines) is 1. The SMILES string of the molecule is COCC1C(COC)[C@H]2O[C@H]1C1CN(C)C3(C(=O)c4ccccc4C3=O)C12. The Hall–Kier alpha value is -1.60. The first kappa shape index (κ1) is 17.5. The van der Waals surface area contributed by atoms with Crippen LogP contribution in [0.2, 0.25) is 0 Å². The lowest BCUT2D eigenvalue weighted by Gasteiger charge is -2.40. The Morgan fingerprint density at radius 1 is 1.04 bits per heavy atom. The third-order valence-electron chi connectivity index (χ3n) is 7.34. The fraction of sp³-hybridized carbons (Fsp3) is 0.619. The number of likely N-dealkylation sites (N-methyl/N-ethyl adjacent to an activating group) is 1. The Morgan fingerprint density at radius 3 is 2.15 bits per heavy atom. The zero-order valence-corrected chi connectivity index (χ0v) is 15.9. The van der Waals surface area contributed by atoms with Crippen LogP contribution < -0.4 is 0 Å². The van der Waals surface area contributed by atoms with Crippen LogP contribution in [0.4, 0.5) is 0 Å². The smallest absolute Gasteiger partial charge is 0.192 e. The highest BCUT2D eigenvalue weighted by atomic mass is 16.5. The zero-order chi connectivity index (χ0) is 18.9. The van der Waals surface area contributed by atoms with Crippen LogP contribution in [-0.4, -0.2) is 75.2 Å². The molecule has 0 radical (unpaired) electrons. The van der Waals surface area contributed by atoms with Crippen LogP contribution in [0.15, 0.2) is 24.3 Å². The molecule has 144 valence electrons. The standard InChI is InChI=1S/C21H25NO5/c1-22-8-13-16(18-15(10-26-3)14(9-25-2)17(13)27-18)21(22)19(23)11-6-4-5-7-12(11)20(21)24/h4-7,13-18H,8-10H2,1-3H3/t13?,14?,15?,16?,17-,18+/m0/s1. The maximum absolute atomic E-state index is 13.6. The molecule has 3 saturated heterocycles. The number of hydrogen-bond donors (Lipinski definition) is 0. The molecule has 4 unspecified atom stereocenters. The highest BCUT2D eigenvalue weighted by Crippen LogP contribution is 2.60. The van der Waals surface area contributed by atoms with Crippen LogP contribution >= 0.6 is 0 Å². The quantitative estimate of drug-likeness (QED) is 0.743. The first-order valence-corrected chi connectivity index (χ1v) is 9.60. The number of nitrogens with zero attached hydrogens (tertiary/aromatic N) is 1. The van der Waals surface area contributed by atoms with Crippen molar-refractivity contribution in [1.29, 1.82) is 0 Å². The number of methoxy groups -OCH3 is 2. The molecule has 6 nitrogen and oxygen atoms in total. The summed E-state index contributed by atoms with van der Waals surface area (Å²) >= 11 is 0. The average molecular weight is 371 g/mol. The van der Waals surface area contributed by atoms with Gasteiger partial charge in [-0.3, -0.25) is 14.5 Å². The molecule has 27 heavy (non-hydrogen) atoms. The van der Waals surface area contributed by atoms with E-state index in [2.05, 4.69) is 0 Å². The van der Waals surface area contributed by atoms with Gasteiger partial charge in [-0.25, -0.2) is 0 Å². The number of hydrogen-bond acceptors (Lipinski definition) is 6. The molecule has 0 saturated carbocycles. The molecule has 3 fully saturated rings. The average Bonchev–Trinajstić information content (AvgIpc) is 3.34. The molecule has 5 rings (SSSR count). The second-order valence-corrected chi connectivity index (χ2v) is 8.34. The minimum Gasteiger partial charge on any atom is -0.384 e. The summed E-state index contributed by atoms with van der Waals surface area (Å²) in [5.74, 6) is 0.277. The molecule has 1 aromatic rings. The van der Waals surface area contributed by atoms with Gasteiger partial charge in [-0.1, -0.05) is 24.3 Å². The fourth-order valence-electron chi connectivity index (χ4n) is 6.43. The van der Waals surface area contributed by atoms with Crippen molar-refractivity contribution in [2.24, 2.45) is 23.7 Å². The summed E-state index contributed by atoms with van der Waals surface area (Å²) in [6.07, 6.45) is -0.154. The van der Waals surface area contributed by atoms with Crippen LogP contribution in [0.1, 0.15) is 20.7 Å². The summed E-state index contributed by atoms with van der Waals surface area (Å²) < 4.78 is 17.3. The topological polar surface area (TPSA) is 65.1 Å². The van der Waals surface area contributed by atoms with E-state index in [1.54, 1.807) is 26.4 Å². The van der Waals surface area contributed by atoms with E-state index in [0.29, 0.717) is 30.9 Å². The van der Waals surface area contributed by atoms with E-state index in [1.165, 1.54) is 0 Å². The van der Waals surface area contributed by atoms with Gasteiger partial charge in [0.15, 0.2) is 17.1 Å². The van der Waals surface area contributed by atoms with Gasteiger partial charge in [-0.05, 0) is 7.05 Å². The van der Waals surface area contributed by atoms with Crippen molar-refractivity contribution in [1.82, 2.24) is 4.90 Å². The van der Waals surface area contributed by atoms with Gasteiger partial charge in [-0.15, -0.1) is 0 Å². The van der Waals surface area contributed by atoms with E-state index in [-0.39, 0.29) is 47.4 Å². The molecule has 6 heteroatoms. The number of Topliss-reactive ketones (excluding diaryl/α,β-unsaturated/α-hetero) is 2. The molecule has 6 atom stereocenters. The molecule has 0 amide bonds. The predicted octanol–water partition coefficient (Wildman–Crippen LogP) is 1.29. The summed E-state index contributed by atoms with van der Waals surface area (Å²) in [7, 11) is 5.30. The van der Waals surface area contributed by atoms with Crippen molar-refractivity contribution in [3.63, 3.8) is 0 Å². The largest absolute Gasteiger partial charge is 0.384 e. The number of fused-ring (bicyclic) bond motifs is 7. The molecular formula is C21H25NO5. The van der Waals surface area contributed by atoms with Crippen molar-refractivity contribution < 1.29 is 23.8 Å². The molecule has 2 bridgehead atoms. The normalized spacial score (nSPS) is 38.8. The van der Waals surface area contributed by atoms with Gasteiger partial charge in [0.2, 0.25) is 0 Å². The first-order valence-electron chi connectivity index (χ1n) is 9.60. The van der Waals surface area contributed by atoms with Crippen LogP contribution in [0.25, 0.3) is 0 Å². The summed E-state index contributed by atoms with van der Waals surface area (Å²) in [4.78, 5) is 29.1. The lowest BCUT2D eigenvalue weighted by atomic mass is 9.63. The van der Waals surface area contributed by atoms with E-state index in [1.807, 2.05) is 24.1 Å². The number of benzene rings is 1. The Balaban J connectivity index is 1.60. The van der Waals surface area contributed by atoms with Gasteiger partial charge in [0.25, 0.3) is 0 Å². The lowest BCUT2D eigenvalue weighted by molar-refractivity contribution is 0.00825. The lowest BCUT2D eigenvalue weighted by Crippen LogP contribution is -2.59. The number of carbonyl (C=O) groups excluding carboxylic acids is 2. The number of ketones is 2. The van der Waals surface area contributed by atoms with Crippen LogP contribution in [0.5, 0.6) is 0 Å². The summed E-state index contributed by atoms with van der Waals surface area (Å²) in [5.41, 5.74) is -0.0262. The molecule has 1 aliphatic carbocycles. The Bertz CT molecular complexity index is 771. The van der Waals surface area contributed by atoms with E-state index in [9.17, 15) is 9.59 Å². The first-order chi connectivity index (χ1) is 13.1. The molecule has 1 aromatic carbocycles. The summed E-state index contributed by atoms with van der Waals surface area (Å²) in [6, 6.07) is 7.21. The Morgan fingerprint density at radius 2 is 1.59 bits per heavy atom. The zero-order valence-electron chi connectivity index (χ0n) is 15.9. The van der Waals surface area contributed by atoms with Gasteiger partial charge in [-0.2, -0.15) is 0 Å². The van der Waals surface area contributed by atoms with E-state index in [0.717, 1.165) is 0 Å². The van der Waals surface area contributed by atoms with Crippen molar-refractivity contribution >= 4 is 11.6 Å². The van der Waals surface area contributed by atoms with Gasteiger partial charge in [0, 0.05) is 55.6 Å². The van der Waals surface area contributed by atoms with Crippen LogP contribution in [-0.2, 0) is 14.2 Å². The third kappa shape index (κ3) is 1.94. The maximum Gasteiger partial charge on any atom is 0.192 e. The maximum atomic E-state index is 13.6. The second kappa shape index (κ2) is 5.95. The van der Waals surface area contributed by atoms with Crippen molar-refractivity contribution in [3.05, 3.63) is 35.4 Å². The fourth-order valence-corrected chi connectivity index (χ4v) is 6.43. The molecule has 0 N–H and O–H groups in total. The van der Waals surface area contributed by atoms with Gasteiger partial charge < -0.3 is 14.2 Å². The predicted molar refractivity (Wildman–Crippen MR) is 96.8 cm³/mol. The Kier molecular flexibility index (Phi) is 3.85. The molecule has 0 aromatic heterocycles. The van der Waals surface area contributed by atoms with E-state index in [4.69, 9.17) is 14.2 Å². The highest BCUT2D eigenvalue weighted by Gasteiger charge is 2.75. The van der Waals surface area contributed by atoms with Crippen LogP contribution in [0, 0.1) is 23.7 Å². The van der Waals surface area contributed by atoms with Crippen LogP contribution in [0.3, 0.4) is 0 Å². The molecule has 3 aliphatic heterocycles. The van der Waals surface area contributed by atoms with Crippen molar-refractivity contribution in [2.75, 3.05) is 41.0 Å². The van der Waals surface area contributed by atoms with E-state index < -0.39 is 5.54 Å². The van der Waals surface area contributed by atoms with Crippen molar-refractivity contribution in [3.8, 4) is 0 Å². The second-order valence-electron chi connectivity index (χ2n) is 8.34. The van der Waals surface area contributed by atoms with E-state index >= 15 is 0 Å². The number of carbonyl (C=O) groups is 2. The van der Waals surface area contributed by atoms with Crippen molar-refractivity contribution in [2.45, 2.75) is 17.7 Å².